The Labute approximate surface area is 164 Å². The second kappa shape index (κ2) is 8.57. The number of para-hydroxylation sites is 1. The fourth-order valence-corrected chi connectivity index (χ4v) is 4.46. The summed E-state index contributed by atoms with van der Waals surface area (Å²) < 4.78 is 16.6. The molecular weight excluding hydrogens is 389 g/mol. The fraction of sp³-hybridized carbons (Fsp3) is 0.167. The van der Waals surface area contributed by atoms with Crippen LogP contribution in [-0.2, 0) is 11.3 Å². The number of carbonyl (C=O) groups excluding carboxylic acids is 1. The number of nitrogens with one attached hydrogen (secondary N) is 1. The third-order valence-corrected chi connectivity index (χ3v) is 6.00. The molecule has 0 bridgehead atoms. The molecule has 0 atom stereocenters. The van der Waals surface area contributed by atoms with E-state index in [2.05, 4.69) is 10.4 Å². The number of aryl methyl sites for hydroxylation is 1. The molecule has 1 heterocycles. The number of rotatable bonds is 6. The Morgan fingerprint density at radius 3 is 2.77 bits per heavy atom. The second-order valence-electron chi connectivity index (χ2n) is 5.49. The maximum absolute atomic E-state index is 13.6. The zero-order valence-electron chi connectivity index (χ0n) is 13.9. The van der Waals surface area contributed by atoms with E-state index in [1.165, 1.54) is 29.2 Å². The first-order chi connectivity index (χ1) is 12.5. The summed E-state index contributed by atoms with van der Waals surface area (Å²) in [7, 11) is 0. The van der Waals surface area contributed by atoms with Crippen LogP contribution in [0.4, 0.5) is 4.39 Å². The summed E-state index contributed by atoms with van der Waals surface area (Å²) in [6.45, 7) is 2.17. The van der Waals surface area contributed by atoms with Crippen molar-refractivity contribution < 1.29 is 9.18 Å². The lowest BCUT2D eigenvalue weighted by molar-refractivity contribution is -0.118. The molecule has 8 heteroatoms. The van der Waals surface area contributed by atoms with Crippen molar-refractivity contribution in [1.82, 2.24) is 15.1 Å². The Hall–Kier alpha value is -2.03. The van der Waals surface area contributed by atoms with Gasteiger partial charge in [-0.25, -0.2) is 9.07 Å². The van der Waals surface area contributed by atoms with Crippen molar-refractivity contribution in [3.63, 3.8) is 0 Å². The summed E-state index contributed by atoms with van der Waals surface area (Å²) in [6.07, 6.45) is 0. The smallest absolute Gasteiger partial charge is 0.230 e. The predicted octanol–water partition coefficient (Wildman–Crippen LogP) is 4.52. The summed E-state index contributed by atoms with van der Waals surface area (Å²) in [5.41, 5.74) is 2.48. The van der Waals surface area contributed by atoms with E-state index in [0.717, 1.165) is 15.6 Å². The summed E-state index contributed by atoms with van der Waals surface area (Å²) in [4.78, 5) is 12.0. The molecule has 3 rings (SSSR count). The van der Waals surface area contributed by atoms with Crippen LogP contribution in [0.3, 0.4) is 0 Å². The maximum Gasteiger partial charge on any atom is 0.230 e. The molecule has 1 amide bonds. The third kappa shape index (κ3) is 4.57. The van der Waals surface area contributed by atoms with E-state index in [0.29, 0.717) is 9.52 Å². The molecule has 1 N–H and O–H groups in total. The number of nitrogens with zero attached hydrogens (tertiary/aromatic N) is 2. The van der Waals surface area contributed by atoms with E-state index in [9.17, 15) is 9.18 Å². The van der Waals surface area contributed by atoms with Gasteiger partial charge < -0.3 is 5.32 Å². The van der Waals surface area contributed by atoms with Crippen LogP contribution in [-0.4, -0.2) is 21.4 Å². The van der Waals surface area contributed by atoms with Crippen molar-refractivity contribution in [3.8, 4) is 5.69 Å². The minimum absolute atomic E-state index is 0.166. The Balaban J connectivity index is 1.59. The van der Waals surface area contributed by atoms with Gasteiger partial charge in [-0.15, -0.1) is 5.10 Å². The lowest BCUT2D eigenvalue weighted by Crippen LogP contribution is -2.25. The lowest BCUT2D eigenvalue weighted by Gasteiger charge is -2.05. The van der Waals surface area contributed by atoms with Crippen LogP contribution in [0.5, 0.6) is 0 Å². The number of carbonyl (C=O) groups is 1. The van der Waals surface area contributed by atoms with E-state index in [1.54, 1.807) is 22.9 Å². The van der Waals surface area contributed by atoms with Crippen LogP contribution in [0.15, 0.2) is 52.9 Å². The highest BCUT2D eigenvalue weighted by Gasteiger charge is 2.11. The molecule has 4 nitrogen and oxygen atoms in total. The number of amides is 1. The van der Waals surface area contributed by atoms with E-state index in [1.807, 2.05) is 31.2 Å². The van der Waals surface area contributed by atoms with Gasteiger partial charge in [0.2, 0.25) is 5.91 Å². The van der Waals surface area contributed by atoms with E-state index < -0.39 is 0 Å². The molecule has 0 aliphatic rings. The van der Waals surface area contributed by atoms with Crippen molar-refractivity contribution in [1.29, 1.82) is 0 Å². The average Bonchev–Trinajstić information content (AvgIpc) is 3.00. The highest BCUT2D eigenvalue weighted by Crippen LogP contribution is 2.25. The van der Waals surface area contributed by atoms with Gasteiger partial charge in [0.1, 0.15) is 5.82 Å². The van der Waals surface area contributed by atoms with Crippen molar-refractivity contribution in [3.05, 3.63) is 69.4 Å². The lowest BCUT2D eigenvalue weighted by atomic mass is 10.2. The maximum atomic E-state index is 13.6. The first-order valence-electron chi connectivity index (χ1n) is 7.83. The largest absolute Gasteiger partial charge is 0.351 e. The molecule has 0 radical (unpaired) electrons. The summed E-state index contributed by atoms with van der Waals surface area (Å²) in [5.74, 6) is -0.304. The fourth-order valence-electron chi connectivity index (χ4n) is 2.29. The van der Waals surface area contributed by atoms with Crippen LogP contribution < -0.4 is 5.32 Å². The van der Waals surface area contributed by atoms with Gasteiger partial charge in [0.05, 0.1) is 11.4 Å². The number of thioether (sulfide) groups is 1. The average molecular weight is 406 g/mol. The van der Waals surface area contributed by atoms with Crippen molar-refractivity contribution in [2.75, 3.05) is 5.75 Å². The van der Waals surface area contributed by atoms with Crippen LogP contribution in [0.25, 0.3) is 5.69 Å². The summed E-state index contributed by atoms with van der Waals surface area (Å²) >= 11 is 8.07. The van der Waals surface area contributed by atoms with Gasteiger partial charge >= 0.3 is 0 Å². The highest BCUT2D eigenvalue weighted by molar-refractivity contribution is 8.01. The van der Waals surface area contributed by atoms with Crippen molar-refractivity contribution >= 4 is 41.2 Å². The van der Waals surface area contributed by atoms with Gasteiger partial charge in [0.15, 0.2) is 8.29 Å². The number of halogens is 1. The zero-order valence-corrected chi connectivity index (χ0v) is 16.4. The van der Waals surface area contributed by atoms with E-state index in [-0.39, 0.29) is 24.0 Å². The molecule has 0 aliphatic heterocycles. The molecule has 0 unspecified atom stereocenters. The van der Waals surface area contributed by atoms with Crippen LogP contribution in [0, 0.1) is 16.7 Å². The minimum atomic E-state index is -0.324. The molecule has 134 valence electrons. The first kappa shape index (κ1) is 18.8. The summed E-state index contributed by atoms with van der Waals surface area (Å²) in [6, 6.07) is 14.2. The van der Waals surface area contributed by atoms with Crippen LogP contribution >= 0.6 is 35.3 Å². The number of hydrogen-bond donors (Lipinski definition) is 1. The zero-order chi connectivity index (χ0) is 18.5. The highest BCUT2D eigenvalue weighted by atomic mass is 32.2. The molecule has 3 aromatic rings. The molecule has 2 aromatic carbocycles. The Kier molecular flexibility index (Phi) is 6.18. The molecule has 26 heavy (non-hydrogen) atoms. The molecule has 0 saturated heterocycles. The van der Waals surface area contributed by atoms with Gasteiger partial charge in [0, 0.05) is 12.1 Å². The molecule has 0 saturated carbocycles. The second-order valence-corrected chi connectivity index (χ2v) is 8.33. The summed E-state index contributed by atoms with van der Waals surface area (Å²) in [5, 5.41) is 7.22. The predicted molar refractivity (Wildman–Crippen MR) is 106 cm³/mol. The molecular formula is C18H16FN3OS3. The van der Waals surface area contributed by atoms with Gasteiger partial charge in [0.25, 0.3) is 0 Å². The third-order valence-electron chi connectivity index (χ3n) is 3.63. The first-order valence-corrected chi connectivity index (χ1v) is 10.0. The number of benzene rings is 2. The van der Waals surface area contributed by atoms with Gasteiger partial charge in [-0.05, 0) is 36.8 Å². The molecule has 1 aromatic heterocycles. The topological polar surface area (TPSA) is 46.9 Å². The van der Waals surface area contributed by atoms with E-state index >= 15 is 0 Å². The SMILES string of the molecule is Cc1ccccc1-n1nc(SCC(=O)NCc2ccccc2F)sc1=S. The number of hydrogen-bond acceptors (Lipinski definition) is 5. The van der Waals surface area contributed by atoms with Crippen molar-refractivity contribution in [2.24, 2.45) is 0 Å². The van der Waals surface area contributed by atoms with Gasteiger partial charge in [-0.1, -0.05) is 59.5 Å². The number of aromatic nitrogens is 2. The minimum Gasteiger partial charge on any atom is -0.351 e. The molecule has 0 aliphatic carbocycles. The van der Waals surface area contributed by atoms with Gasteiger partial charge in [-0.3, -0.25) is 4.79 Å². The van der Waals surface area contributed by atoms with Gasteiger partial charge in [-0.2, -0.15) is 0 Å². The van der Waals surface area contributed by atoms with Crippen LogP contribution in [0.1, 0.15) is 11.1 Å². The molecule has 0 spiro atoms. The quantitative estimate of drug-likeness (QED) is 0.484. The Morgan fingerprint density at radius 1 is 1.27 bits per heavy atom. The monoisotopic (exact) mass is 405 g/mol. The van der Waals surface area contributed by atoms with E-state index in [4.69, 9.17) is 12.2 Å². The molecule has 0 fully saturated rings. The Bertz CT molecular complexity index is 984. The Morgan fingerprint density at radius 2 is 2.00 bits per heavy atom. The van der Waals surface area contributed by atoms with Crippen LogP contribution in [0.2, 0.25) is 0 Å². The normalized spacial score (nSPS) is 10.7. The standard InChI is InChI=1S/C18H16FN3OS3/c1-12-6-2-5-9-15(12)22-18(24)26-17(21-22)25-11-16(23)20-10-13-7-3-4-8-14(13)19/h2-9H,10-11H2,1H3,(H,20,23). The van der Waals surface area contributed by atoms with Crippen molar-refractivity contribution in [2.45, 2.75) is 17.8 Å².